The smallest absolute Gasteiger partial charge is 0.182 e. The summed E-state index contributed by atoms with van der Waals surface area (Å²) in [5.74, 6) is -0.374. The Labute approximate surface area is 127 Å². The lowest BCUT2D eigenvalue weighted by Gasteiger charge is -2.07. The average molecular weight is 348 g/mol. The maximum absolute atomic E-state index is 13.8. The zero-order valence-corrected chi connectivity index (χ0v) is 12.4. The van der Waals surface area contributed by atoms with Crippen molar-refractivity contribution >= 4 is 39.2 Å². The Morgan fingerprint density at radius 2 is 2.10 bits per heavy atom. The van der Waals surface area contributed by atoms with Crippen molar-refractivity contribution in [2.24, 2.45) is 0 Å². The summed E-state index contributed by atoms with van der Waals surface area (Å²) in [5.41, 5.74) is 2.02. The van der Waals surface area contributed by atoms with E-state index in [1.807, 2.05) is 0 Å². The van der Waals surface area contributed by atoms with Crippen molar-refractivity contribution in [2.75, 3.05) is 0 Å². The number of aromatic amines is 1. The summed E-state index contributed by atoms with van der Waals surface area (Å²) in [6, 6.07) is 12.1. The minimum absolute atomic E-state index is 0.335. The van der Waals surface area contributed by atoms with Crippen molar-refractivity contribution in [3.63, 3.8) is 0 Å². The predicted octanol–water partition coefficient (Wildman–Crippen LogP) is 4.46. The van der Waals surface area contributed by atoms with Crippen LogP contribution in [0.1, 0.15) is 5.56 Å². The van der Waals surface area contributed by atoms with Crippen molar-refractivity contribution in [3.05, 3.63) is 57.0 Å². The van der Waals surface area contributed by atoms with Gasteiger partial charge in [-0.2, -0.15) is 5.26 Å². The van der Waals surface area contributed by atoms with E-state index in [4.69, 9.17) is 12.2 Å². The lowest BCUT2D eigenvalue weighted by Crippen LogP contribution is -1.97. The highest BCUT2D eigenvalue weighted by Crippen LogP contribution is 2.26. The van der Waals surface area contributed by atoms with Crippen LogP contribution in [0.5, 0.6) is 0 Å². The summed E-state index contributed by atoms with van der Waals surface area (Å²) in [6.45, 7) is 0. The van der Waals surface area contributed by atoms with Gasteiger partial charge in [-0.25, -0.2) is 4.39 Å². The van der Waals surface area contributed by atoms with Crippen LogP contribution >= 0.6 is 28.1 Å². The molecule has 1 N–H and O–H groups in total. The van der Waals surface area contributed by atoms with Crippen LogP contribution in [0.4, 0.5) is 4.39 Å². The maximum atomic E-state index is 13.8. The fourth-order valence-electron chi connectivity index (χ4n) is 2.12. The molecule has 0 aliphatic carbocycles. The first-order valence-corrected chi connectivity index (χ1v) is 6.91. The maximum Gasteiger partial charge on any atom is 0.182 e. The number of imidazole rings is 1. The highest BCUT2D eigenvalue weighted by atomic mass is 79.9. The molecule has 3 nitrogen and oxygen atoms in total. The number of benzene rings is 2. The van der Waals surface area contributed by atoms with E-state index in [2.05, 4.69) is 27.0 Å². The molecule has 0 atom stereocenters. The monoisotopic (exact) mass is 347 g/mol. The van der Waals surface area contributed by atoms with Crippen LogP contribution in [0.15, 0.2) is 40.9 Å². The Kier molecular flexibility index (Phi) is 3.16. The van der Waals surface area contributed by atoms with E-state index in [0.29, 0.717) is 27.1 Å². The molecule has 0 aliphatic heterocycles. The average Bonchev–Trinajstić information content (AvgIpc) is 2.76. The largest absolute Gasteiger partial charge is 0.328 e. The number of hydrogen-bond donors (Lipinski definition) is 1. The molecule has 0 saturated heterocycles. The van der Waals surface area contributed by atoms with Crippen molar-refractivity contribution in [1.82, 2.24) is 9.55 Å². The van der Waals surface area contributed by atoms with Gasteiger partial charge in [0.05, 0.1) is 16.8 Å². The van der Waals surface area contributed by atoms with Crippen LogP contribution in [0, 0.1) is 21.9 Å². The molecule has 3 rings (SSSR count). The number of fused-ring (bicyclic) bond motifs is 1. The Bertz CT molecular complexity index is 920. The number of nitrogens with one attached hydrogen (secondary N) is 1. The van der Waals surface area contributed by atoms with Gasteiger partial charge in [0.15, 0.2) is 4.77 Å². The zero-order chi connectivity index (χ0) is 14.3. The Morgan fingerprint density at radius 3 is 2.85 bits per heavy atom. The highest BCUT2D eigenvalue weighted by molar-refractivity contribution is 9.10. The van der Waals surface area contributed by atoms with E-state index in [0.717, 1.165) is 4.47 Å². The van der Waals surface area contributed by atoms with Gasteiger partial charge in [-0.3, -0.25) is 4.57 Å². The van der Waals surface area contributed by atoms with Gasteiger partial charge in [0.25, 0.3) is 0 Å². The van der Waals surface area contributed by atoms with Gasteiger partial charge < -0.3 is 4.98 Å². The van der Waals surface area contributed by atoms with Crippen molar-refractivity contribution in [3.8, 4) is 11.8 Å². The van der Waals surface area contributed by atoms with Crippen LogP contribution in [0.3, 0.4) is 0 Å². The van der Waals surface area contributed by atoms with Gasteiger partial charge in [-0.05, 0) is 42.5 Å². The van der Waals surface area contributed by atoms with Crippen LogP contribution in [-0.4, -0.2) is 9.55 Å². The van der Waals surface area contributed by atoms with E-state index in [-0.39, 0.29) is 5.82 Å². The third kappa shape index (κ3) is 1.96. The fraction of sp³-hybridized carbons (Fsp3) is 0. The van der Waals surface area contributed by atoms with E-state index in [9.17, 15) is 9.65 Å². The Hall–Kier alpha value is -1.97. The third-order valence-corrected chi connectivity index (χ3v) is 3.77. The molecule has 0 fully saturated rings. The summed E-state index contributed by atoms with van der Waals surface area (Å²) in [7, 11) is 0. The first kappa shape index (κ1) is 13.0. The minimum atomic E-state index is -0.374. The molecule has 0 aliphatic rings. The van der Waals surface area contributed by atoms with Crippen LogP contribution in [0.25, 0.3) is 16.7 Å². The fourth-order valence-corrected chi connectivity index (χ4v) is 2.77. The number of para-hydroxylation sites is 1. The van der Waals surface area contributed by atoms with Crippen molar-refractivity contribution < 1.29 is 4.39 Å². The number of aromatic nitrogens is 2. The molecule has 0 unspecified atom stereocenters. The number of halogens is 2. The number of nitrogens with zero attached hydrogens (tertiary/aromatic N) is 2. The molecule has 20 heavy (non-hydrogen) atoms. The third-order valence-electron chi connectivity index (χ3n) is 2.99. The van der Waals surface area contributed by atoms with Gasteiger partial charge in [-0.1, -0.05) is 22.0 Å². The molecule has 1 aromatic heterocycles. The molecule has 98 valence electrons. The van der Waals surface area contributed by atoms with Gasteiger partial charge >= 0.3 is 0 Å². The summed E-state index contributed by atoms with van der Waals surface area (Å²) in [6.07, 6.45) is 0. The molecule has 6 heteroatoms. The van der Waals surface area contributed by atoms with Crippen molar-refractivity contribution in [2.45, 2.75) is 0 Å². The lowest BCUT2D eigenvalue weighted by atomic mass is 10.2. The molecule has 0 radical (unpaired) electrons. The number of H-pyrrole nitrogens is 1. The first-order valence-electron chi connectivity index (χ1n) is 5.71. The number of hydrogen-bond acceptors (Lipinski definition) is 2. The lowest BCUT2D eigenvalue weighted by molar-refractivity contribution is 0.637. The second kappa shape index (κ2) is 4.85. The molecule has 0 saturated carbocycles. The minimum Gasteiger partial charge on any atom is -0.328 e. The second-order valence-electron chi connectivity index (χ2n) is 4.17. The SMILES string of the molecule is N#Cc1ccc(Br)cc1-n1c(=S)[nH]c2c(F)cccc21. The quantitative estimate of drug-likeness (QED) is 0.660. The highest BCUT2D eigenvalue weighted by Gasteiger charge is 2.13. The Balaban J connectivity index is 2.45. The molecular weight excluding hydrogens is 341 g/mol. The predicted molar refractivity (Wildman–Crippen MR) is 80.8 cm³/mol. The molecule has 0 bridgehead atoms. The molecule has 1 heterocycles. The molecule has 0 spiro atoms. The topological polar surface area (TPSA) is 44.5 Å². The summed E-state index contributed by atoms with van der Waals surface area (Å²) >= 11 is 8.63. The van der Waals surface area contributed by atoms with Crippen LogP contribution < -0.4 is 0 Å². The van der Waals surface area contributed by atoms with E-state index in [1.165, 1.54) is 6.07 Å². The summed E-state index contributed by atoms with van der Waals surface area (Å²) in [4.78, 5) is 2.84. The zero-order valence-electron chi connectivity index (χ0n) is 10.0. The molecule has 2 aromatic carbocycles. The number of rotatable bonds is 1. The second-order valence-corrected chi connectivity index (χ2v) is 5.48. The first-order chi connectivity index (χ1) is 9.61. The molecule has 0 amide bonds. The normalized spacial score (nSPS) is 10.7. The van der Waals surface area contributed by atoms with E-state index < -0.39 is 0 Å². The van der Waals surface area contributed by atoms with Gasteiger partial charge in [0.2, 0.25) is 0 Å². The number of nitriles is 1. The summed E-state index contributed by atoms with van der Waals surface area (Å²) < 4.78 is 16.6. The van der Waals surface area contributed by atoms with Crippen molar-refractivity contribution in [1.29, 1.82) is 5.26 Å². The molecule has 3 aromatic rings. The van der Waals surface area contributed by atoms with Gasteiger partial charge in [-0.15, -0.1) is 0 Å². The molecular formula is C14H7BrFN3S. The van der Waals surface area contributed by atoms with E-state index in [1.54, 1.807) is 34.9 Å². The van der Waals surface area contributed by atoms with Gasteiger partial charge in [0, 0.05) is 4.47 Å². The Morgan fingerprint density at radius 1 is 1.30 bits per heavy atom. The van der Waals surface area contributed by atoms with Crippen LogP contribution in [0.2, 0.25) is 0 Å². The van der Waals surface area contributed by atoms with Gasteiger partial charge in [0.1, 0.15) is 17.4 Å². The summed E-state index contributed by atoms with van der Waals surface area (Å²) in [5, 5.41) is 9.23. The van der Waals surface area contributed by atoms with Crippen LogP contribution in [-0.2, 0) is 0 Å². The van der Waals surface area contributed by atoms with E-state index >= 15 is 0 Å². The standard InChI is InChI=1S/C14H7BrFN3S/c15-9-5-4-8(7-17)12(6-9)19-11-3-1-2-10(16)13(11)18-14(19)20/h1-6H,(H,18,20).